The minimum Gasteiger partial charge on any atom is -0.348 e. The van der Waals surface area contributed by atoms with Crippen LogP contribution in [0.2, 0.25) is 0 Å². The second-order valence-electron chi connectivity index (χ2n) is 11.0. The summed E-state index contributed by atoms with van der Waals surface area (Å²) in [6.07, 6.45) is -4.70. The van der Waals surface area contributed by atoms with E-state index in [9.17, 15) is 31.9 Å². The molecule has 1 aromatic heterocycles. The number of benzene rings is 3. The number of aromatic nitrogens is 2. The lowest BCUT2D eigenvalue weighted by atomic mass is 9.79. The summed E-state index contributed by atoms with van der Waals surface area (Å²) in [5.74, 6) is -4.27. The summed E-state index contributed by atoms with van der Waals surface area (Å²) in [4.78, 5) is 44.2. The number of nitrogens with one attached hydrogen (secondary N) is 1. The molecule has 1 aliphatic heterocycles. The van der Waals surface area contributed by atoms with Gasteiger partial charge in [-0.3, -0.25) is 19.3 Å². The molecule has 5 rings (SSSR count). The molecule has 4 aromatic rings. The Morgan fingerprint density at radius 1 is 1.02 bits per heavy atom. The summed E-state index contributed by atoms with van der Waals surface area (Å²) in [6.45, 7) is 1.83. The van der Waals surface area contributed by atoms with Crippen LogP contribution in [0.3, 0.4) is 0 Å². The number of likely N-dealkylation sites (N-methyl/N-ethyl adjacent to an activating group) is 2. The molecule has 46 heavy (non-hydrogen) atoms. The van der Waals surface area contributed by atoms with Crippen LogP contribution in [-0.2, 0) is 15.8 Å². The van der Waals surface area contributed by atoms with E-state index in [2.05, 4.69) is 5.32 Å². The second-order valence-corrected chi connectivity index (χ2v) is 11.3. The molecule has 3 aromatic carbocycles. The molecule has 0 saturated carbocycles. The molecule has 13 heteroatoms. The molecule has 0 bridgehead atoms. The summed E-state index contributed by atoms with van der Waals surface area (Å²) in [7, 11) is 3.14. The van der Waals surface area contributed by atoms with Gasteiger partial charge in [0.2, 0.25) is 5.91 Å². The quantitative estimate of drug-likeness (QED) is 0.194. The first-order valence-electron chi connectivity index (χ1n) is 14.4. The predicted molar refractivity (Wildman–Crippen MR) is 165 cm³/mol. The van der Waals surface area contributed by atoms with Gasteiger partial charge >= 0.3 is 6.18 Å². The van der Waals surface area contributed by atoms with Gasteiger partial charge in [-0.15, -0.1) is 11.6 Å². The molecule has 0 radical (unpaired) electrons. The number of rotatable bonds is 8. The molecule has 240 valence electrons. The number of hydrogen-bond acceptors (Lipinski definition) is 4. The number of para-hydroxylation sites is 1. The first kappa shape index (κ1) is 32.7. The van der Waals surface area contributed by atoms with E-state index < -0.39 is 47.2 Å². The van der Waals surface area contributed by atoms with E-state index in [0.29, 0.717) is 28.7 Å². The maximum atomic E-state index is 14.4. The number of nitrogens with zero attached hydrogens (tertiary/aromatic N) is 4. The number of carbonyl (C=O) groups excluding carboxylic acids is 3. The summed E-state index contributed by atoms with van der Waals surface area (Å²) < 4.78 is 56.1. The second kappa shape index (κ2) is 13.0. The standard InChI is InChI=1S/C33H30ClF4N5O3/c1-4-42-30-26(27(24(18-34)31(45)41(2)3)40-43(30)23-11-6-5-7-12-23)25(19-13-15-22(35)16-14-19)28(32(42)46)39-29(44)20-9-8-10-21(17-20)33(36,37)38/h5-17,24-25,28H,4,18H2,1-3H3,(H,39,44)/t24?,25-,28-/m0/s1. The summed E-state index contributed by atoms with van der Waals surface area (Å²) in [6, 6.07) is 16.7. The molecular formula is C33H30ClF4N5O3. The predicted octanol–water partition coefficient (Wildman–Crippen LogP) is 5.74. The van der Waals surface area contributed by atoms with Crippen molar-refractivity contribution in [2.75, 3.05) is 31.4 Å². The van der Waals surface area contributed by atoms with Crippen LogP contribution < -0.4 is 10.2 Å². The average Bonchev–Trinajstić information content (AvgIpc) is 3.42. The fourth-order valence-corrected chi connectivity index (χ4v) is 5.97. The lowest BCUT2D eigenvalue weighted by molar-refractivity contribution is -0.137. The van der Waals surface area contributed by atoms with Gasteiger partial charge in [0.05, 0.1) is 22.9 Å². The highest BCUT2D eigenvalue weighted by molar-refractivity contribution is 6.20. The van der Waals surface area contributed by atoms with Crippen molar-refractivity contribution in [3.63, 3.8) is 0 Å². The molecule has 2 heterocycles. The van der Waals surface area contributed by atoms with Crippen LogP contribution in [0.15, 0.2) is 78.9 Å². The van der Waals surface area contributed by atoms with Crippen molar-refractivity contribution < 1.29 is 31.9 Å². The van der Waals surface area contributed by atoms with Gasteiger partial charge in [0.15, 0.2) is 0 Å². The average molecular weight is 656 g/mol. The van der Waals surface area contributed by atoms with Crippen molar-refractivity contribution in [1.82, 2.24) is 20.0 Å². The molecule has 8 nitrogen and oxygen atoms in total. The molecule has 3 amide bonds. The van der Waals surface area contributed by atoms with Gasteiger partial charge in [0.25, 0.3) is 11.8 Å². The maximum absolute atomic E-state index is 14.4. The smallest absolute Gasteiger partial charge is 0.348 e. The van der Waals surface area contributed by atoms with Crippen molar-refractivity contribution in [3.05, 3.63) is 113 Å². The van der Waals surface area contributed by atoms with E-state index >= 15 is 0 Å². The number of fused-ring (bicyclic) bond motifs is 1. The fraction of sp³-hybridized carbons (Fsp3) is 0.273. The van der Waals surface area contributed by atoms with E-state index in [-0.39, 0.29) is 29.6 Å². The van der Waals surface area contributed by atoms with Gasteiger partial charge in [0, 0.05) is 43.6 Å². The third-order valence-corrected chi connectivity index (χ3v) is 8.17. The van der Waals surface area contributed by atoms with Gasteiger partial charge < -0.3 is 10.2 Å². The van der Waals surface area contributed by atoms with Crippen LogP contribution in [0.25, 0.3) is 5.69 Å². The van der Waals surface area contributed by atoms with E-state index in [1.54, 1.807) is 51.4 Å². The zero-order valence-electron chi connectivity index (χ0n) is 25.1. The van der Waals surface area contributed by atoms with Crippen LogP contribution >= 0.6 is 11.6 Å². The molecule has 0 saturated heterocycles. The van der Waals surface area contributed by atoms with Gasteiger partial charge in [0.1, 0.15) is 17.7 Å². The Morgan fingerprint density at radius 3 is 2.28 bits per heavy atom. The number of carbonyl (C=O) groups is 3. The third kappa shape index (κ3) is 6.09. The topological polar surface area (TPSA) is 87.5 Å². The minimum absolute atomic E-state index is 0.114. The third-order valence-electron chi connectivity index (χ3n) is 7.87. The fourth-order valence-electron chi connectivity index (χ4n) is 5.69. The SMILES string of the molecule is CCN1C(=O)[C@@H](NC(=O)c2cccc(C(F)(F)F)c2)[C@@H](c2ccc(F)cc2)c2c(C(CCl)C(=O)N(C)C)nn(-c3ccccc3)c21. The number of alkyl halides is 4. The highest BCUT2D eigenvalue weighted by atomic mass is 35.5. The first-order valence-corrected chi connectivity index (χ1v) is 14.9. The zero-order valence-corrected chi connectivity index (χ0v) is 25.8. The normalized spacial score (nSPS) is 17.0. The molecule has 1 aliphatic rings. The number of amides is 3. The van der Waals surface area contributed by atoms with Crippen molar-refractivity contribution >= 4 is 35.1 Å². The first-order chi connectivity index (χ1) is 21.9. The molecular weight excluding hydrogens is 626 g/mol. The Balaban J connectivity index is 1.77. The van der Waals surface area contributed by atoms with Crippen molar-refractivity contribution in [1.29, 1.82) is 0 Å². The van der Waals surface area contributed by atoms with E-state index in [4.69, 9.17) is 16.7 Å². The Morgan fingerprint density at radius 2 is 1.70 bits per heavy atom. The molecule has 0 spiro atoms. The lowest BCUT2D eigenvalue weighted by Gasteiger charge is -2.39. The molecule has 3 atom stereocenters. The Hall–Kier alpha value is -4.71. The molecule has 1 N–H and O–H groups in total. The van der Waals surface area contributed by atoms with Crippen LogP contribution in [0.4, 0.5) is 23.4 Å². The van der Waals surface area contributed by atoms with Crippen molar-refractivity contribution in [2.24, 2.45) is 0 Å². The maximum Gasteiger partial charge on any atom is 0.416 e. The van der Waals surface area contributed by atoms with Gasteiger partial charge in [-0.2, -0.15) is 18.3 Å². The van der Waals surface area contributed by atoms with Gasteiger partial charge in [-0.05, 0) is 55.0 Å². The molecule has 0 fully saturated rings. The molecule has 1 unspecified atom stereocenters. The zero-order chi connectivity index (χ0) is 33.3. The van der Waals surface area contributed by atoms with Crippen molar-refractivity contribution in [3.8, 4) is 5.69 Å². The van der Waals surface area contributed by atoms with E-state index in [1.165, 1.54) is 44.8 Å². The molecule has 0 aliphatic carbocycles. The van der Waals surface area contributed by atoms with Crippen molar-refractivity contribution in [2.45, 2.75) is 31.0 Å². The highest BCUT2D eigenvalue weighted by Gasteiger charge is 2.48. The van der Waals surface area contributed by atoms with E-state index in [1.807, 2.05) is 0 Å². The monoisotopic (exact) mass is 655 g/mol. The largest absolute Gasteiger partial charge is 0.416 e. The van der Waals surface area contributed by atoms with Gasteiger partial charge in [-0.1, -0.05) is 36.4 Å². The highest BCUT2D eigenvalue weighted by Crippen LogP contribution is 2.46. The lowest BCUT2D eigenvalue weighted by Crippen LogP contribution is -2.55. The summed E-state index contributed by atoms with van der Waals surface area (Å²) >= 11 is 6.42. The number of halogens is 5. The minimum atomic E-state index is -4.70. The Bertz CT molecular complexity index is 1760. The van der Waals surface area contributed by atoms with Gasteiger partial charge in [-0.25, -0.2) is 9.07 Å². The summed E-state index contributed by atoms with van der Waals surface area (Å²) in [5.41, 5.74) is 0.280. The van der Waals surface area contributed by atoms with Crippen LogP contribution in [0, 0.1) is 5.82 Å². The summed E-state index contributed by atoms with van der Waals surface area (Å²) in [5, 5.41) is 7.51. The van der Waals surface area contributed by atoms with E-state index in [0.717, 1.165) is 12.1 Å². The number of hydrogen-bond donors (Lipinski definition) is 1. The Kier molecular flexibility index (Phi) is 9.20. The Labute approximate surface area is 267 Å². The van der Waals surface area contributed by atoms with Crippen LogP contribution in [0.5, 0.6) is 0 Å². The van der Waals surface area contributed by atoms with Crippen LogP contribution in [0.1, 0.15) is 51.5 Å². The van der Waals surface area contributed by atoms with Crippen LogP contribution in [-0.4, -0.2) is 65.0 Å². The number of anilines is 1.